The number of hydrogen-bond donors (Lipinski definition) is 0. The monoisotopic (exact) mass is 360 g/mol. The van der Waals surface area contributed by atoms with Crippen LogP contribution in [0.5, 0.6) is 0 Å². The lowest BCUT2D eigenvalue weighted by molar-refractivity contribution is -0.180. The molecule has 1 nitrogen and oxygen atoms in total. The van der Waals surface area contributed by atoms with Gasteiger partial charge in [0.15, 0.2) is 0 Å². The van der Waals surface area contributed by atoms with Gasteiger partial charge in [-0.1, -0.05) is 34.1 Å². The molecule has 4 aliphatic rings. The second kappa shape index (κ2) is 6.78. The first-order valence-electron chi connectivity index (χ1n) is 11.9. The summed E-state index contributed by atoms with van der Waals surface area (Å²) in [5, 5.41) is 0. The molecule has 150 valence electrons. The molecule has 4 saturated carbocycles. The predicted octanol–water partition coefficient (Wildman–Crippen LogP) is 6.95. The van der Waals surface area contributed by atoms with Crippen molar-refractivity contribution in [1.82, 2.24) is 0 Å². The van der Waals surface area contributed by atoms with Gasteiger partial charge in [0.25, 0.3) is 0 Å². The van der Waals surface area contributed by atoms with Crippen LogP contribution < -0.4 is 0 Å². The maximum absolute atomic E-state index is 6.13. The van der Waals surface area contributed by atoms with E-state index in [1.165, 1.54) is 57.8 Å². The van der Waals surface area contributed by atoms with Gasteiger partial charge in [-0.2, -0.15) is 0 Å². The minimum atomic E-state index is 0.444. The fraction of sp³-hybridized carbons (Fsp3) is 1.00. The average Bonchev–Trinajstić information content (AvgIpc) is 2.98. The Morgan fingerprint density at radius 1 is 0.885 bits per heavy atom. The molecule has 0 aromatic carbocycles. The van der Waals surface area contributed by atoms with E-state index < -0.39 is 0 Å². The molecule has 1 heteroatoms. The molecule has 0 saturated heterocycles. The molecule has 0 spiro atoms. The van der Waals surface area contributed by atoms with E-state index in [-0.39, 0.29) is 0 Å². The largest absolute Gasteiger partial charge is 0.381 e. The van der Waals surface area contributed by atoms with Crippen molar-refractivity contribution in [2.75, 3.05) is 7.11 Å². The van der Waals surface area contributed by atoms with E-state index in [1.54, 1.807) is 0 Å². The van der Waals surface area contributed by atoms with E-state index in [1.807, 2.05) is 7.11 Å². The summed E-state index contributed by atoms with van der Waals surface area (Å²) < 4.78 is 6.13. The molecule has 4 fully saturated rings. The standard InChI is InChI=1S/C25H44O/c1-16(2)21-9-10-22-20-8-7-19-15-17(3)11-14-25(19,18(4)26-6)23(20)12-13-24(21,22)5/h16-23H,7-15H2,1-6H3. The van der Waals surface area contributed by atoms with Crippen molar-refractivity contribution in [2.45, 2.75) is 98.5 Å². The fourth-order valence-electron chi connectivity index (χ4n) is 9.34. The predicted molar refractivity (Wildman–Crippen MR) is 110 cm³/mol. The average molecular weight is 361 g/mol. The zero-order valence-corrected chi connectivity index (χ0v) is 18.4. The van der Waals surface area contributed by atoms with E-state index in [4.69, 9.17) is 4.74 Å². The molecule has 0 aliphatic heterocycles. The number of hydrogen-bond acceptors (Lipinski definition) is 1. The van der Waals surface area contributed by atoms with Gasteiger partial charge in [-0.15, -0.1) is 0 Å². The molecule has 0 N–H and O–H groups in total. The lowest BCUT2D eigenvalue weighted by Gasteiger charge is -2.63. The fourth-order valence-corrected chi connectivity index (χ4v) is 9.34. The van der Waals surface area contributed by atoms with Gasteiger partial charge in [-0.3, -0.25) is 0 Å². The van der Waals surface area contributed by atoms with Crippen molar-refractivity contribution >= 4 is 0 Å². The van der Waals surface area contributed by atoms with Gasteiger partial charge in [0, 0.05) is 12.5 Å². The Bertz CT molecular complexity index is 512. The summed E-state index contributed by atoms with van der Waals surface area (Å²) in [4.78, 5) is 0. The van der Waals surface area contributed by atoms with Gasteiger partial charge in [-0.25, -0.2) is 0 Å². The van der Waals surface area contributed by atoms with E-state index in [0.717, 1.165) is 41.4 Å². The first-order chi connectivity index (χ1) is 12.3. The molecule has 9 atom stereocenters. The Kier molecular flexibility index (Phi) is 5.03. The number of methoxy groups -OCH3 is 1. The Labute approximate surface area is 163 Å². The molecule has 9 unspecified atom stereocenters. The molecule has 4 rings (SSSR count). The topological polar surface area (TPSA) is 9.23 Å². The quantitative estimate of drug-likeness (QED) is 0.529. The van der Waals surface area contributed by atoms with Crippen LogP contribution in [0.25, 0.3) is 0 Å². The Balaban J connectivity index is 1.67. The Morgan fingerprint density at radius 3 is 2.35 bits per heavy atom. The summed E-state index contributed by atoms with van der Waals surface area (Å²) in [5.41, 5.74) is 1.11. The summed E-state index contributed by atoms with van der Waals surface area (Å²) in [6, 6.07) is 0. The van der Waals surface area contributed by atoms with Crippen LogP contribution in [0.15, 0.2) is 0 Å². The number of ether oxygens (including phenoxy) is 1. The second-order valence-electron chi connectivity index (χ2n) is 11.5. The van der Waals surface area contributed by atoms with E-state index >= 15 is 0 Å². The minimum absolute atomic E-state index is 0.444. The molecule has 0 radical (unpaired) electrons. The molecule has 26 heavy (non-hydrogen) atoms. The van der Waals surface area contributed by atoms with Crippen molar-refractivity contribution in [2.24, 2.45) is 52.3 Å². The smallest absolute Gasteiger partial charge is 0.0604 e. The summed E-state index contributed by atoms with van der Waals surface area (Å²) in [5.74, 6) is 6.60. The summed E-state index contributed by atoms with van der Waals surface area (Å²) in [6.45, 7) is 12.6. The lowest BCUT2D eigenvalue weighted by atomic mass is 9.42. The molecule has 0 heterocycles. The highest BCUT2D eigenvalue weighted by Gasteiger charge is 2.62. The summed E-state index contributed by atoms with van der Waals surface area (Å²) in [6.07, 6.45) is 13.8. The molecular weight excluding hydrogens is 316 g/mol. The Morgan fingerprint density at radius 2 is 1.65 bits per heavy atom. The summed E-state index contributed by atoms with van der Waals surface area (Å²) >= 11 is 0. The zero-order chi connectivity index (χ0) is 18.7. The number of rotatable bonds is 3. The molecule has 0 aromatic heterocycles. The van der Waals surface area contributed by atoms with Gasteiger partial charge in [0.2, 0.25) is 0 Å². The van der Waals surface area contributed by atoms with Crippen molar-refractivity contribution in [1.29, 1.82) is 0 Å². The van der Waals surface area contributed by atoms with Gasteiger partial charge >= 0.3 is 0 Å². The van der Waals surface area contributed by atoms with Crippen LogP contribution in [0, 0.1) is 52.3 Å². The lowest BCUT2D eigenvalue weighted by Crippen LogP contribution is -2.59. The molecule has 0 bridgehead atoms. The normalized spacial score (nSPS) is 52.3. The minimum Gasteiger partial charge on any atom is -0.381 e. The molecule has 0 aromatic rings. The van der Waals surface area contributed by atoms with Crippen molar-refractivity contribution < 1.29 is 4.74 Å². The van der Waals surface area contributed by atoms with Gasteiger partial charge in [0.05, 0.1) is 6.10 Å². The van der Waals surface area contributed by atoms with Crippen molar-refractivity contribution in [3.8, 4) is 0 Å². The first-order valence-corrected chi connectivity index (χ1v) is 11.9. The SMILES string of the molecule is COC(C)C12CCC(C)CC1CCC1C3CCC(C(C)C)C3(C)CCC12. The van der Waals surface area contributed by atoms with E-state index in [0.29, 0.717) is 16.9 Å². The third kappa shape index (κ3) is 2.58. The van der Waals surface area contributed by atoms with Crippen LogP contribution in [0.4, 0.5) is 0 Å². The first kappa shape index (κ1) is 19.3. The van der Waals surface area contributed by atoms with Crippen LogP contribution in [0.2, 0.25) is 0 Å². The third-order valence-electron chi connectivity index (χ3n) is 10.5. The van der Waals surface area contributed by atoms with E-state index in [9.17, 15) is 0 Å². The second-order valence-corrected chi connectivity index (χ2v) is 11.5. The molecule has 4 aliphatic carbocycles. The highest BCUT2D eigenvalue weighted by atomic mass is 16.5. The van der Waals surface area contributed by atoms with Crippen LogP contribution in [0.3, 0.4) is 0 Å². The van der Waals surface area contributed by atoms with Crippen molar-refractivity contribution in [3.05, 3.63) is 0 Å². The maximum Gasteiger partial charge on any atom is 0.0604 e. The van der Waals surface area contributed by atoms with Gasteiger partial charge < -0.3 is 4.74 Å². The van der Waals surface area contributed by atoms with Crippen molar-refractivity contribution in [3.63, 3.8) is 0 Å². The highest BCUT2D eigenvalue weighted by Crippen LogP contribution is 2.69. The van der Waals surface area contributed by atoms with Crippen LogP contribution in [-0.2, 0) is 4.74 Å². The Hall–Kier alpha value is -0.0400. The van der Waals surface area contributed by atoms with Crippen LogP contribution in [0.1, 0.15) is 92.4 Å². The molecule has 0 amide bonds. The zero-order valence-electron chi connectivity index (χ0n) is 18.4. The van der Waals surface area contributed by atoms with Crippen LogP contribution in [-0.4, -0.2) is 13.2 Å². The third-order valence-corrected chi connectivity index (χ3v) is 10.5. The van der Waals surface area contributed by atoms with Gasteiger partial charge in [-0.05, 0) is 105 Å². The van der Waals surface area contributed by atoms with E-state index in [2.05, 4.69) is 34.6 Å². The van der Waals surface area contributed by atoms with Crippen LogP contribution >= 0.6 is 0 Å². The maximum atomic E-state index is 6.13. The summed E-state index contributed by atoms with van der Waals surface area (Å²) in [7, 11) is 1.98. The number of fused-ring (bicyclic) bond motifs is 5. The molecular formula is C25H44O. The van der Waals surface area contributed by atoms with Gasteiger partial charge in [0.1, 0.15) is 0 Å². The highest BCUT2D eigenvalue weighted by molar-refractivity contribution is 5.11.